The fraction of sp³-hybridized carbons (Fsp3) is 0.333. The van der Waals surface area contributed by atoms with E-state index in [-0.39, 0.29) is 5.75 Å². The van der Waals surface area contributed by atoms with Crippen molar-refractivity contribution in [3.8, 4) is 5.75 Å². The summed E-state index contributed by atoms with van der Waals surface area (Å²) in [6, 6.07) is 15.0. The summed E-state index contributed by atoms with van der Waals surface area (Å²) in [5.74, 6) is 0.924. The average molecular weight is 268 g/mol. The average Bonchev–Trinajstić information content (AvgIpc) is 2.38. The van der Waals surface area contributed by atoms with Gasteiger partial charge in [0.1, 0.15) is 11.4 Å². The molecule has 1 saturated carbocycles. The van der Waals surface area contributed by atoms with Gasteiger partial charge in [-0.05, 0) is 54.5 Å². The third-order valence-electron chi connectivity index (χ3n) is 4.48. The number of phenols is 1. The summed E-state index contributed by atoms with van der Waals surface area (Å²) in [6.45, 7) is 1.79. The summed E-state index contributed by atoms with van der Waals surface area (Å²) in [4.78, 5) is 0. The minimum Gasteiger partial charge on any atom is -0.508 e. The van der Waals surface area contributed by atoms with Gasteiger partial charge in [-0.1, -0.05) is 42.8 Å². The van der Waals surface area contributed by atoms with Crippen molar-refractivity contribution >= 4 is 0 Å². The lowest BCUT2D eigenvalue weighted by Crippen LogP contribution is -2.22. The van der Waals surface area contributed by atoms with Crippen molar-refractivity contribution < 1.29 is 10.2 Å². The van der Waals surface area contributed by atoms with Crippen LogP contribution in [0.15, 0.2) is 48.5 Å². The second kappa shape index (κ2) is 4.95. The van der Waals surface area contributed by atoms with Crippen LogP contribution < -0.4 is 0 Å². The van der Waals surface area contributed by atoms with Crippen LogP contribution in [-0.4, -0.2) is 10.2 Å². The zero-order valence-corrected chi connectivity index (χ0v) is 11.7. The number of rotatable bonds is 3. The number of aromatic hydroxyl groups is 1. The second-order valence-corrected chi connectivity index (χ2v) is 5.87. The molecule has 1 aliphatic carbocycles. The summed E-state index contributed by atoms with van der Waals surface area (Å²) < 4.78 is 0. The Hall–Kier alpha value is -1.80. The van der Waals surface area contributed by atoms with E-state index in [1.807, 2.05) is 12.1 Å². The van der Waals surface area contributed by atoms with Crippen LogP contribution in [0.25, 0.3) is 0 Å². The Morgan fingerprint density at radius 3 is 1.85 bits per heavy atom. The van der Waals surface area contributed by atoms with Gasteiger partial charge in [-0.15, -0.1) is 0 Å². The maximum atomic E-state index is 10.8. The molecule has 0 amide bonds. The highest BCUT2D eigenvalue weighted by Crippen LogP contribution is 2.37. The fourth-order valence-electron chi connectivity index (χ4n) is 2.77. The van der Waals surface area contributed by atoms with E-state index in [4.69, 9.17) is 0 Å². The highest BCUT2D eigenvalue weighted by atomic mass is 16.3. The lowest BCUT2D eigenvalue weighted by Gasteiger charge is -2.28. The molecular weight excluding hydrogens is 248 g/mol. The Labute approximate surface area is 119 Å². The van der Waals surface area contributed by atoms with E-state index in [1.165, 1.54) is 24.8 Å². The summed E-state index contributed by atoms with van der Waals surface area (Å²) in [5.41, 5.74) is 2.01. The molecule has 1 fully saturated rings. The summed E-state index contributed by atoms with van der Waals surface area (Å²) in [5, 5.41) is 20.1. The second-order valence-electron chi connectivity index (χ2n) is 5.87. The van der Waals surface area contributed by atoms with Crippen LogP contribution in [0.3, 0.4) is 0 Å². The number of hydrogen-bond donors (Lipinski definition) is 2. The van der Waals surface area contributed by atoms with Crippen molar-refractivity contribution in [2.45, 2.75) is 37.7 Å². The molecule has 2 aromatic rings. The van der Waals surface area contributed by atoms with E-state index in [1.54, 1.807) is 31.2 Å². The maximum absolute atomic E-state index is 10.8. The van der Waals surface area contributed by atoms with Crippen molar-refractivity contribution in [1.29, 1.82) is 0 Å². The molecule has 0 saturated heterocycles. The van der Waals surface area contributed by atoms with Gasteiger partial charge in [0.15, 0.2) is 0 Å². The molecular formula is C18H20O2. The summed E-state index contributed by atoms with van der Waals surface area (Å²) in [6.07, 6.45) is 3.90. The van der Waals surface area contributed by atoms with Gasteiger partial charge in [0.25, 0.3) is 0 Å². The van der Waals surface area contributed by atoms with Gasteiger partial charge in [0, 0.05) is 0 Å². The van der Waals surface area contributed by atoms with Crippen molar-refractivity contribution in [2.75, 3.05) is 0 Å². The molecule has 2 heteroatoms. The monoisotopic (exact) mass is 268 g/mol. The number of hydrogen-bond acceptors (Lipinski definition) is 2. The Bertz CT molecular complexity index is 578. The lowest BCUT2D eigenvalue weighted by atomic mass is 9.79. The van der Waals surface area contributed by atoms with Crippen LogP contribution in [0.5, 0.6) is 5.75 Å². The molecule has 1 unspecified atom stereocenters. The van der Waals surface area contributed by atoms with Crippen LogP contribution in [0, 0.1) is 0 Å². The minimum atomic E-state index is -1.04. The molecule has 0 heterocycles. The normalized spacial score (nSPS) is 18.3. The summed E-state index contributed by atoms with van der Waals surface area (Å²) in [7, 11) is 0. The van der Waals surface area contributed by atoms with Gasteiger partial charge in [0.2, 0.25) is 0 Å². The van der Waals surface area contributed by atoms with E-state index in [0.29, 0.717) is 5.92 Å². The first-order chi connectivity index (χ1) is 9.57. The third kappa shape index (κ3) is 2.32. The fourth-order valence-corrected chi connectivity index (χ4v) is 2.77. The first kappa shape index (κ1) is 13.2. The van der Waals surface area contributed by atoms with Gasteiger partial charge in [-0.2, -0.15) is 0 Å². The molecule has 0 radical (unpaired) electrons. The Kier molecular flexibility index (Phi) is 3.27. The molecule has 0 bridgehead atoms. The molecule has 0 aliphatic heterocycles. The zero-order valence-electron chi connectivity index (χ0n) is 11.7. The Morgan fingerprint density at radius 1 is 0.900 bits per heavy atom. The first-order valence-corrected chi connectivity index (χ1v) is 7.20. The molecule has 2 nitrogen and oxygen atoms in total. The highest BCUT2D eigenvalue weighted by Gasteiger charge is 2.26. The number of benzene rings is 2. The maximum Gasteiger partial charge on any atom is 0.115 e. The Morgan fingerprint density at radius 2 is 1.40 bits per heavy atom. The van der Waals surface area contributed by atoms with Crippen LogP contribution in [0.4, 0.5) is 0 Å². The van der Waals surface area contributed by atoms with E-state index in [9.17, 15) is 10.2 Å². The van der Waals surface area contributed by atoms with Gasteiger partial charge >= 0.3 is 0 Å². The smallest absolute Gasteiger partial charge is 0.115 e. The number of phenolic OH excluding ortho intramolecular Hbond substituents is 1. The van der Waals surface area contributed by atoms with Crippen molar-refractivity contribution in [2.24, 2.45) is 0 Å². The predicted octanol–water partition coefficient (Wildman–Crippen LogP) is 3.92. The van der Waals surface area contributed by atoms with E-state index >= 15 is 0 Å². The number of aliphatic hydroxyl groups is 1. The van der Waals surface area contributed by atoms with E-state index in [0.717, 1.165) is 11.1 Å². The van der Waals surface area contributed by atoms with Crippen molar-refractivity contribution in [3.63, 3.8) is 0 Å². The molecule has 2 N–H and O–H groups in total. The molecule has 20 heavy (non-hydrogen) atoms. The van der Waals surface area contributed by atoms with Crippen molar-refractivity contribution in [3.05, 3.63) is 65.2 Å². The minimum absolute atomic E-state index is 0.213. The van der Waals surface area contributed by atoms with Crippen LogP contribution in [0.2, 0.25) is 0 Å². The van der Waals surface area contributed by atoms with Gasteiger partial charge in [-0.3, -0.25) is 0 Å². The topological polar surface area (TPSA) is 40.5 Å². The molecule has 0 aromatic heterocycles. The summed E-state index contributed by atoms with van der Waals surface area (Å²) >= 11 is 0. The van der Waals surface area contributed by atoms with Gasteiger partial charge in [0.05, 0.1) is 0 Å². The largest absolute Gasteiger partial charge is 0.508 e. The van der Waals surface area contributed by atoms with Crippen LogP contribution in [0.1, 0.15) is 48.8 Å². The first-order valence-electron chi connectivity index (χ1n) is 7.20. The Balaban J connectivity index is 1.88. The molecule has 1 atom stereocenters. The molecule has 3 rings (SSSR count). The van der Waals surface area contributed by atoms with E-state index in [2.05, 4.69) is 12.1 Å². The van der Waals surface area contributed by atoms with Crippen LogP contribution >= 0.6 is 0 Å². The predicted molar refractivity (Wildman–Crippen MR) is 79.8 cm³/mol. The van der Waals surface area contributed by atoms with Crippen molar-refractivity contribution in [1.82, 2.24) is 0 Å². The van der Waals surface area contributed by atoms with E-state index < -0.39 is 5.60 Å². The highest BCUT2D eigenvalue weighted by molar-refractivity contribution is 5.39. The molecule has 2 aromatic carbocycles. The zero-order chi connectivity index (χ0) is 14.2. The molecule has 1 aliphatic rings. The third-order valence-corrected chi connectivity index (χ3v) is 4.48. The van der Waals surface area contributed by atoms with Crippen LogP contribution in [-0.2, 0) is 5.60 Å². The van der Waals surface area contributed by atoms with Gasteiger partial charge in [-0.25, -0.2) is 0 Å². The lowest BCUT2D eigenvalue weighted by molar-refractivity contribution is 0.102. The quantitative estimate of drug-likeness (QED) is 0.886. The molecule has 0 spiro atoms. The SMILES string of the molecule is CC(O)(c1ccc(O)cc1)c1ccc(C2CCC2)cc1. The standard InChI is InChI=1S/C18H20O2/c1-18(20,16-9-11-17(19)12-10-16)15-7-5-14(6-8-15)13-3-2-4-13/h5-13,19-20H,2-4H2,1H3. The molecule has 104 valence electrons. The van der Waals surface area contributed by atoms with Gasteiger partial charge < -0.3 is 10.2 Å².